The van der Waals surface area contributed by atoms with E-state index in [2.05, 4.69) is 85.2 Å². The Labute approximate surface area is 189 Å². The molecular weight excluding hydrogens is 380 g/mol. The van der Waals surface area contributed by atoms with Crippen LogP contribution >= 0.6 is 0 Å². The lowest BCUT2D eigenvalue weighted by Gasteiger charge is -2.39. The summed E-state index contributed by atoms with van der Waals surface area (Å²) in [4.78, 5) is 5.25. The second-order valence-corrected chi connectivity index (χ2v) is 8.98. The van der Waals surface area contributed by atoms with Crippen molar-refractivity contribution in [2.45, 2.75) is 65.5 Å². The second-order valence-electron chi connectivity index (χ2n) is 8.98. The third-order valence-electron chi connectivity index (χ3n) is 6.19. The van der Waals surface area contributed by atoms with Crippen LogP contribution in [-0.4, -0.2) is 37.1 Å². The fraction of sp³-hybridized carbons (Fsp3) is 0.500. The van der Waals surface area contributed by atoms with Crippen molar-refractivity contribution in [1.29, 1.82) is 0 Å². The van der Waals surface area contributed by atoms with E-state index in [1.165, 1.54) is 68.6 Å². The number of ether oxygens (including phenoxy) is 1. The number of allylic oxidation sites excluding steroid dienone is 1. The molecule has 0 spiro atoms. The highest BCUT2D eigenvalue weighted by molar-refractivity contribution is 5.51. The van der Waals surface area contributed by atoms with Gasteiger partial charge in [0.2, 0.25) is 0 Å². The van der Waals surface area contributed by atoms with Crippen molar-refractivity contribution in [3.63, 3.8) is 0 Å². The normalized spacial score (nSPS) is 14.9. The number of piperidine rings is 1. The van der Waals surface area contributed by atoms with Gasteiger partial charge < -0.3 is 14.5 Å². The van der Waals surface area contributed by atoms with Crippen LogP contribution in [0.15, 0.2) is 66.2 Å². The summed E-state index contributed by atoms with van der Waals surface area (Å²) >= 11 is 0. The van der Waals surface area contributed by atoms with Crippen molar-refractivity contribution in [2.24, 2.45) is 0 Å². The number of hydrogen-bond acceptors (Lipinski definition) is 3. The molecular formula is C28H40N2O. The Kier molecular flexibility index (Phi) is 9.48. The molecule has 1 aliphatic heterocycles. The molecule has 3 nitrogen and oxygen atoms in total. The molecule has 0 aliphatic carbocycles. The van der Waals surface area contributed by atoms with Crippen LogP contribution in [0.5, 0.6) is 5.75 Å². The lowest BCUT2D eigenvalue weighted by molar-refractivity contribution is 0.206. The van der Waals surface area contributed by atoms with E-state index in [1.54, 1.807) is 0 Å². The van der Waals surface area contributed by atoms with Crippen LogP contribution in [0.2, 0.25) is 0 Å². The van der Waals surface area contributed by atoms with Crippen molar-refractivity contribution in [1.82, 2.24) is 4.90 Å². The standard InChI is InChI=1S/C28H40N2O/c1-4-5-9-19-29-20-17-27(18-21-29)30(22-16-24(2)3)26-12-14-28(15-13-26)31-23-25-10-7-6-8-11-25/h6-8,10-16,27H,4-5,9,17-23H2,1-3H3. The molecule has 1 aliphatic rings. The molecule has 0 amide bonds. The lowest BCUT2D eigenvalue weighted by atomic mass is 10.0. The van der Waals surface area contributed by atoms with Crippen LogP contribution in [-0.2, 0) is 6.61 Å². The summed E-state index contributed by atoms with van der Waals surface area (Å²) in [5, 5.41) is 0. The summed E-state index contributed by atoms with van der Waals surface area (Å²) in [6.07, 6.45) is 8.84. The molecule has 3 heteroatoms. The van der Waals surface area contributed by atoms with Gasteiger partial charge in [-0.25, -0.2) is 0 Å². The third kappa shape index (κ3) is 7.74. The Hall–Kier alpha value is -2.26. The first kappa shape index (κ1) is 23.4. The maximum Gasteiger partial charge on any atom is 0.119 e. The van der Waals surface area contributed by atoms with Crippen LogP contribution < -0.4 is 9.64 Å². The number of nitrogens with zero attached hydrogens (tertiary/aromatic N) is 2. The van der Waals surface area contributed by atoms with E-state index in [4.69, 9.17) is 4.74 Å². The Morgan fingerprint density at radius 3 is 2.35 bits per heavy atom. The van der Waals surface area contributed by atoms with Gasteiger partial charge in [0.25, 0.3) is 0 Å². The average Bonchev–Trinajstić information content (AvgIpc) is 2.80. The van der Waals surface area contributed by atoms with Gasteiger partial charge in [-0.3, -0.25) is 0 Å². The van der Waals surface area contributed by atoms with Gasteiger partial charge in [-0.2, -0.15) is 0 Å². The van der Waals surface area contributed by atoms with Crippen molar-refractivity contribution >= 4 is 5.69 Å². The maximum absolute atomic E-state index is 5.99. The minimum absolute atomic E-state index is 0.606. The van der Waals surface area contributed by atoms with Crippen LogP contribution in [0, 0.1) is 0 Å². The van der Waals surface area contributed by atoms with E-state index in [9.17, 15) is 0 Å². The van der Waals surface area contributed by atoms with Crippen LogP contribution in [0.3, 0.4) is 0 Å². The minimum atomic E-state index is 0.606. The highest BCUT2D eigenvalue weighted by Gasteiger charge is 2.24. The van der Waals surface area contributed by atoms with Gasteiger partial charge >= 0.3 is 0 Å². The second kappa shape index (κ2) is 12.6. The topological polar surface area (TPSA) is 15.7 Å². The molecule has 0 saturated carbocycles. The van der Waals surface area contributed by atoms with Gasteiger partial charge in [0.1, 0.15) is 12.4 Å². The van der Waals surface area contributed by atoms with E-state index in [0.717, 1.165) is 12.3 Å². The maximum atomic E-state index is 5.99. The monoisotopic (exact) mass is 420 g/mol. The predicted octanol–water partition coefficient (Wildman–Crippen LogP) is 6.69. The molecule has 0 N–H and O–H groups in total. The lowest BCUT2D eigenvalue weighted by Crippen LogP contribution is -2.45. The third-order valence-corrected chi connectivity index (χ3v) is 6.19. The van der Waals surface area contributed by atoms with E-state index >= 15 is 0 Å². The summed E-state index contributed by atoms with van der Waals surface area (Å²) in [6.45, 7) is 12.0. The van der Waals surface area contributed by atoms with E-state index in [0.29, 0.717) is 12.6 Å². The summed E-state index contributed by atoms with van der Waals surface area (Å²) < 4.78 is 5.99. The molecule has 0 atom stereocenters. The predicted molar refractivity (Wildman–Crippen MR) is 133 cm³/mol. The molecule has 31 heavy (non-hydrogen) atoms. The zero-order chi connectivity index (χ0) is 21.9. The highest BCUT2D eigenvalue weighted by atomic mass is 16.5. The van der Waals surface area contributed by atoms with Crippen LogP contribution in [0.1, 0.15) is 58.4 Å². The highest BCUT2D eigenvalue weighted by Crippen LogP contribution is 2.26. The van der Waals surface area contributed by atoms with Gasteiger partial charge in [-0.1, -0.05) is 61.7 Å². The van der Waals surface area contributed by atoms with Gasteiger partial charge in [0.05, 0.1) is 0 Å². The molecule has 1 fully saturated rings. The molecule has 0 aromatic heterocycles. The van der Waals surface area contributed by atoms with Crippen molar-refractivity contribution in [3.8, 4) is 5.75 Å². The zero-order valence-electron chi connectivity index (χ0n) is 19.7. The Morgan fingerprint density at radius 1 is 1.00 bits per heavy atom. The Bertz CT molecular complexity index is 772. The Balaban J connectivity index is 1.60. The fourth-order valence-corrected chi connectivity index (χ4v) is 4.26. The first-order chi connectivity index (χ1) is 15.2. The number of hydrogen-bond donors (Lipinski definition) is 0. The summed E-state index contributed by atoms with van der Waals surface area (Å²) in [6, 6.07) is 19.6. The van der Waals surface area contributed by atoms with E-state index in [-0.39, 0.29) is 0 Å². The van der Waals surface area contributed by atoms with Gasteiger partial charge in [-0.05, 0) is 69.5 Å². The molecule has 1 saturated heterocycles. The molecule has 2 aromatic rings. The van der Waals surface area contributed by atoms with Crippen molar-refractivity contribution < 1.29 is 4.74 Å². The largest absolute Gasteiger partial charge is 0.489 e. The van der Waals surface area contributed by atoms with Crippen LogP contribution in [0.25, 0.3) is 0 Å². The first-order valence-corrected chi connectivity index (χ1v) is 12.0. The quantitative estimate of drug-likeness (QED) is 0.297. The molecule has 3 rings (SSSR count). The average molecular weight is 421 g/mol. The van der Waals surface area contributed by atoms with E-state index < -0.39 is 0 Å². The molecule has 1 heterocycles. The summed E-state index contributed by atoms with van der Waals surface area (Å²) in [7, 11) is 0. The number of rotatable bonds is 11. The summed E-state index contributed by atoms with van der Waals surface area (Å²) in [5.74, 6) is 0.931. The fourth-order valence-electron chi connectivity index (χ4n) is 4.26. The molecule has 0 radical (unpaired) electrons. The number of benzene rings is 2. The molecule has 0 unspecified atom stereocenters. The first-order valence-electron chi connectivity index (χ1n) is 12.0. The van der Waals surface area contributed by atoms with E-state index in [1.807, 2.05) is 6.07 Å². The Morgan fingerprint density at radius 2 is 1.71 bits per heavy atom. The molecule has 2 aromatic carbocycles. The number of unbranched alkanes of at least 4 members (excludes halogenated alkanes) is 2. The van der Waals surface area contributed by atoms with Gasteiger partial charge in [0.15, 0.2) is 0 Å². The number of anilines is 1. The number of likely N-dealkylation sites (tertiary alicyclic amines) is 1. The summed E-state index contributed by atoms with van der Waals surface area (Å²) in [5.41, 5.74) is 3.88. The minimum Gasteiger partial charge on any atom is -0.489 e. The van der Waals surface area contributed by atoms with Gasteiger partial charge in [0, 0.05) is 31.4 Å². The molecule has 168 valence electrons. The van der Waals surface area contributed by atoms with Crippen LogP contribution in [0.4, 0.5) is 5.69 Å². The smallest absolute Gasteiger partial charge is 0.119 e. The SMILES string of the molecule is CCCCCN1CCC(N(CC=C(C)C)c2ccc(OCc3ccccc3)cc2)CC1. The molecule has 0 bridgehead atoms. The van der Waals surface area contributed by atoms with Crippen molar-refractivity contribution in [2.75, 3.05) is 31.1 Å². The zero-order valence-corrected chi connectivity index (χ0v) is 19.7. The van der Waals surface area contributed by atoms with Crippen molar-refractivity contribution in [3.05, 3.63) is 71.8 Å². The van der Waals surface area contributed by atoms with Gasteiger partial charge in [-0.15, -0.1) is 0 Å².